The summed E-state index contributed by atoms with van der Waals surface area (Å²) in [4.78, 5) is 9.14. The first kappa shape index (κ1) is 19.6. The molecule has 1 unspecified atom stereocenters. The van der Waals surface area contributed by atoms with Crippen LogP contribution in [0.15, 0.2) is 4.52 Å². The van der Waals surface area contributed by atoms with Gasteiger partial charge < -0.3 is 10.3 Å². The van der Waals surface area contributed by atoms with E-state index in [0.29, 0.717) is 18.5 Å². The molecular formula is C12H25Cl2N5O. The first-order chi connectivity index (χ1) is 8.76. The Morgan fingerprint density at radius 3 is 2.60 bits per heavy atom. The quantitative estimate of drug-likeness (QED) is 0.849. The zero-order chi connectivity index (χ0) is 13.0. The Morgan fingerprint density at radius 2 is 2.05 bits per heavy atom. The van der Waals surface area contributed by atoms with Crippen molar-refractivity contribution in [2.24, 2.45) is 5.73 Å². The number of likely N-dealkylation sites (N-methyl/N-ethyl adjacent to an activating group) is 1. The Bertz CT molecular complexity index is 372. The summed E-state index contributed by atoms with van der Waals surface area (Å²) < 4.78 is 5.02. The fourth-order valence-electron chi connectivity index (χ4n) is 2.63. The number of hydrogen-bond acceptors (Lipinski definition) is 6. The van der Waals surface area contributed by atoms with Crippen LogP contribution in [0.1, 0.15) is 32.0 Å². The minimum atomic E-state index is 0. The summed E-state index contributed by atoms with van der Waals surface area (Å²) in [6.45, 7) is 9.96. The van der Waals surface area contributed by atoms with E-state index in [2.05, 4.69) is 33.8 Å². The third kappa shape index (κ3) is 4.86. The number of likely N-dealkylation sites (tertiary alicyclic amines) is 1. The highest BCUT2D eigenvalue weighted by atomic mass is 35.5. The maximum atomic E-state index is 5.45. The van der Waals surface area contributed by atoms with Crippen molar-refractivity contribution in [1.82, 2.24) is 19.9 Å². The van der Waals surface area contributed by atoms with E-state index < -0.39 is 0 Å². The number of hydrogen-bond donors (Lipinski definition) is 1. The van der Waals surface area contributed by atoms with Crippen molar-refractivity contribution in [2.75, 3.05) is 26.2 Å². The van der Waals surface area contributed by atoms with E-state index in [1.807, 2.05) is 0 Å². The molecule has 0 aromatic carbocycles. The van der Waals surface area contributed by atoms with Gasteiger partial charge in [0, 0.05) is 19.1 Å². The number of nitrogens with zero attached hydrogens (tertiary/aromatic N) is 4. The van der Waals surface area contributed by atoms with Crippen LogP contribution in [0, 0.1) is 0 Å². The van der Waals surface area contributed by atoms with Crippen LogP contribution >= 0.6 is 24.8 Å². The van der Waals surface area contributed by atoms with Gasteiger partial charge in [-0.2, -0.15) is 4.98 Å². The largest absolute Gasteiger partial charge is 0.338 e. The average molecular weight is 326 g/mol. The SMILES string of the molecule is CCN(CC)C1CCN(Cc2noc(CN)n2)C1.Cl.Cl. The molecule has 6 nitrogen and oxygen atoms in total. The Labute approximate surface area is 132 Å². The second-order valence-electron chi connectivity index (χ2n) is 4.71. The van der Waals surface area contributed by atoms with Crippen LogP contribution in [0.3, 0.4) is 0 Å². The van der Waals surface area contributed by atoms with Gasteiger partial charge in [-0.25, -0.2) is 0 Å². The molecule has 2 heterocycles. The van der Waals surface area contributed by atoms with Crippen LogP contribution in [-0.2, 0) is 13.1 Å². The van der Waals surface area contributed by atoms with E-state index in [-0.39, 0.29) is 24.8 Å². The molecule has 1 aliphatic heterocycles. The molecule has 20 heavy (non-hydrogen) atoms. The zero-order valence-electron chi connectivity index (χ0n) is 12.1. The molecule has 0 radical (unpaired) electrons. The van der Waals surface area contributed by atoms with Crippen molar-refractivity contribution in [3.8, 4) is 0 Å². The molecule has 8 heteroatoms. The molecule has 0 aliphatic carbocycles. The minimum absolute atomic E-state index is 0. The van der Waals surface area contributed by atoms with E-state index in [4.69, 9.17) is 10.3 Å². The number of halogens is 2. The Morgan fingerprint density at radius 1 is 1.35 bits per heavy atom. The molecule has 2 N–H and O–H groups in total. The molecular weight excluding hydrogens is 301 g/mol. The van der Waals surface area contributed by atoms with Gasteiger partial charge in [0.2, 0.25) is 5.89 Å². The highest BCUT2D eigenvalue weighted by Crippen LogP contribution is 2.17. The molecule has 1 fully saturated rings. The summed E-state index contributed by atoms with van der Waals surface area (Å²) in [6.07, 6.45) is 1.23. The molecule has 0 spiro atoms. The molecule has 2 rings (SSSR count). The van der Waals surface area contributed by atoms with Crippen LogP contribution < -0.4 is 5.73 Å². The van der Waals surface area contributed by atoms with E-state index in [9.17, 15) is 0 Å². The van der Waals surface area contributed by atoms with Crippen molar-refractivity contribution in [3.05, 3.63) is 11.7 Å². The van der Waals surface area contributed by atoms with E-state index in [0.717, 1.165) is 38.5 Å². The summed E-state index contributed by atoms with van der Waals surface area (Å²) in [6, 6.07) is 0.667. The highest BCUT2D eigenvalue weighted by Gasteiger charge is 2.26. The van der Waals surface area contributed by atoms with Gasteiger partial charge in [0.05, 0.1) is 13.1 Å². The highest BCUT2D eigenvalue weighted by molar-refractivity contribution is 5.85. The smallest absolute Gasteiger partial charge is 0.240 e. The first-order valence-electron chi connectivity index (χ1n) is 6.74. The Balaban J connectivity index is 0.00000180. The van der Waals surface area contributed by atoms with Gasteiger partial charge in [-0.15, -0.1) is 24.8 Å². The Kier molecular flexibility index (Phi) is 9.33. The molecule has 1 atom stereocenters. The minimum Gasteiger partial charge on any atom is -0.338 e. The lowest BCUT2D eigenvalue weighted by molar-refractivity contribution is 0.207. The van der Waals surface area contributed by atoms with Crippen LogP contribution in [0.25, 0.3) is 0 Å². The lowest BCUT2D eigenvalue weighted by atomic mass is 10.2. The molecule has 0 saturated carbocycles. The first-order valence-corrected chi connectivity index (χ1v) is 6.74. The molecule has 1 aliphatic rings. The van der Waals surface area contributed by atoms with Crippen molar-refractivity contribution in [1.29, 1.82) is 0 Å². The van der Waals surface area contributed by atoms with Gasteiger partial charge in [-0.05, 0) is 19.5 Å². The zero-order valence-corrected chi connectivity index (χ0v) is 13.8. The van der Waals surface area contributed by atoms with E-state index in [1.165, 1.54) is 6.42 Å². The second kappa shape index (κ2) is 9.52. The lowest BCUT2D eigenvalue weighted by Gasteiger charge is -2.25. The van der Waals surface area contributed by atoms with Gasteiger partial charge in [0.15, 0.2) is 5.82 Å². The molecule has 0 amide bonds. The normalized spacial score (nSPS) is 18.9. The Hall–Kier alpha value is -0.400. The molecule has 118 valence electrons. The molecule has 0 bridgehead atoms. The molecule has 1 aromatic heterocycles. The number of aromatic nitrogens is 2. The topological polar surface area (TPSA) is 71.4 Å². The predicted octanol–water partition coefficient (Wildman–Crippen LogP) is 1.29. The third-order valence-electron chi connectivity index (χ3n) is 3.63. The fourth-order valence-corrected chi connectivity index (χ4v) is 2.63. The van der Waals surface area contributed by atoms with Crippen molar-refractivity contribution < 1.29 is 4.52 Å². The third-order valence-corrected chi connectivity index (χ3v) is 3.63. The van der Waals surface area contributed by atoms with Crippen molar-refractivity contribution in [3.63, 3.8) is 0 Å². The second-order valence-corrected chi connectivity index (χ2v) is 4.71. The van der Waals surface area contributed by atoms with Crippen LogP contribution in [0.5, 0.6) is 0 Å². The van der Waals surface area contributed by atoms with E-state index >= 15 is 0 Å². The monoisotopic (exact) mass is 325 g/mol. The summed E-state index contributed by atoms with van der Waals surface area (Å²) >= 11 is 0. The van der Waals surface area contributed by atoms with Gasteiger partial charge in [-0.1, -0.05) is 19.0 Å². The van der Waals surface area contributed by atoms with Gasteiger partial charge in [-0.3, -0.25) is 9.80 Å². The summed E-state index contributed by atoms with van der Waals surface area (Å²) in [5.41, 5.74) is 5.45. The lowest BCUT2D eigenvalue weighted by Crippen LogP contribution is -2.37. The van der Waals surface area contributed by atoms with Crippen molar-refractivity contribution >= 4 is 24.8 Å². The molecule has 1 saturated heterocycles. The van der Waals surface area contributed by atoms with Crippen molar-refractivity contribution in [2.45, 2.75) is 39.4 Å². The van der Waals surface area contributed by atoms with E-state index in [1.54, 1.807) is 0 Å². The average Bonchev–Trinajstić information content (AvgIpc) is 3.01. The van der Waals surface area contributed by atoms with Crippen LogP contribution in [-0.4, -0.2) is 52.2 Å². The maximum Gasteiger partial charge on any atom is 0.240 e. The summed E-state index contributed by atoms with van der Waals surface area (Å²) in [5, 5.41) is 3.94. The maximum absolute atomic E-state index is 5.45. The van der Waals surface area contributed by atoms with Gasteiger partial charge in [0.1, 0.15) is 0 Å². The van der Waals surface area contributed by atoms with Gasteiger partial charge >= 0.3 is 0 Å². The summed E-state index contributed by atoms with van der Waals surface area (Å²) in [7, 11) is 0. The predicted molar refractivity (Wildman–Crippen MR) is 83.3 cm³/mol. The summed E-state index contributed by atoms with van der Waals surface area (Å²) in [5.74, 6) is 1.26. The fraction of sp³-hybridized carbons (Fsp3) is 0.833. The number of nitrogens with two attached hydrogens (primary N) is 1. The van der Waals surface area contributed by atoms with Crippen LogP contribution in [0.4, 0.5) is 0 Å². The standard InChI is InChI=1S/C12H23N5O.2ClH/c1-3-17(4-2)10-5-6-16(8-10)9-11-14-12(7-13)18-15-11;;/h10H,3-9,13H2,1-2H3;2*1H. The van der Waals surface area contributed by atoms with Crippen LogP contribution in [0.2, 0.25) is 0 Å². The molecule has 1 aromatic rings. The number of rotatable bonds is 6. The van der Waals surface area contributed by atoms with Gasteiger partial charge in [0.25, 0.3) is 0 Å².